The van der Waals surface area contributed by atoms with Gasteiger partial charge < -0.3 is 14.4 Å². The van der Waals surface area contributed by atoms with Crippen molar-refractivity contribution in [2.24, 2.45) is 0 Å². The molecule has 2 heterocycles. The predicted octanol–water partition coefficient (Wildman–Crippen LogP) is 2.91. The second kappa shape index (κ2) is 8.80. The SMILES string of the molecule is CN(CCC1COCCO1)CC1(N2CCCCC2)CCCCC1. The molecule has 1 unspecified atom stereocenters. The Balaban J connectivity index is 1.52. The van der Waals surface area contributed by atoms with Crippen molar-refractivity contribution in [3.63, 3.8) is 0 Å². The first kappa shape index (κ1) is 17.7. The average molecular weight is 325 g/mol. The Labute approximate surface area is 142 Å². The van der Waals surface area contributed by atoms with Crippen LogP contribution >= 0.6 is 0 Å². The first-order chi connectivity index (χ1) is 11.3. The van der Waals surface area contributed by atoms with Gasteiger partial charge in [-0.05, 0) is 52.2 Å². The van der Waals surface area contributed by atoms with Gasteiger partial charge in [0.25, 0.3) is 0 Å². The highest BCUT2D eigenvalue weighted by molar-refractivity contribution is 4.96. The topological polar surface area (TPSA) is 24.9 Å². The highest BCUT2D eigenvalue weighted by Crippen LogP contribution is 2.36. The van der Waals surface area contributed by atoms with E-state index in [1.807, 2.05) is 0 Å². The second-order valence-electron chi connectivity index (χ2n) is 7.93. The Bertz CT molecular complexity index is 332. The van der Waals surface area contributed by atoms with Crippen LogP contribution in [0.25, 0.3) is 0 Å². The van der Waals surface area contributed by atoms with Crippen LogP contribution < -0.4 is 0 Å². The molecule has 3 rings (SSSR count). The Morgan fingerprint density at radius 3 is 2.43 bits per heavy atom. The molecular weight excluding hydrogens is 288 g/mol. The van der Waals surface area contributed by atoms with E-state index in [-0.39, 0.29) is 0 Å². The first-order valence-electron chi connectivity index (χ1n) is 9.91. The third-order valence-electron chi connectivity index (χ3n) is 6.09. The van der Waals surface area contributed by atoms with Gasteiger partial charge in [0.05, 0.1) is 25.9 Å². The minimum Gasteiger partial charge on any atom is -0.376 e. The number of likely N-dealkylation sites (tertiary alicyclic amines) is 1. The molecule has 1 aliphatic carbocycles. The predicted molar refractivity (Wildman–Crippen MR) is 93.9 cm³/mol. The molecule has 1 atom stereocenters. The Kier molecular flexibility index (Phi) is 6.75. The van der Waals surface area contributed by atoms with E-state index in [4.69, 9.17) is 9.47 Å². The van der Waals surface area contributed by atoms with Crippen molar-refractivity contribution in [2.45, 2.75) is 69.4 Å². The van der Waals surface area contributed by atoms with Crippen LogP contribution in [0.1, 0.15) is 57.8 Å². The number of rotatable bonds is 6. The number of piperidine rings is 1. The van der Waals surface area contributed by atoms with Crippen molar-refractivity contribution in [1.82, 2.24) is 9.80 Å². The zero-order valence-corrected chi connectivity index (χ0v) is 15.1. The van der Waals surface area contributed by atoms with E-state index in [1.165, 1.54) is 71.0 Å². The van der Waals surface area contributed by atoms with Crippen molar-refractivity contribution in [2.75, 3.05) is 53.0 Å². The van der Waals surface area contributed by atoms with E-state index in [2.05, 4.69) is 16.8 Å². The molecular formula is C19H36N2O2. The molecule has 0 N–H and O–H groups in total. The lowest BCUT2D eigenvalue weighted by Gasteiger charge is -2.50. The summed E-state index contributed by atoms with van der Waals surface area (Å²) < 4.78 is 11.3. The van der Waals surface area contributed by atoms with Gasteiger partial charge in [-0.1, -0.05) is 25.7 Å². The minimum atomic E-state index is 0.309. The van der Waals surface area contributed by atoms with Gasteiger partial charge in [-0.3, -0.25) is 4.90 Å². The summed E-state index contributed by atoms with van der Waals surface area (Å²) in [5.74, 6) is 0. The lowest BCUT2D eigenvalue weighted by Crippen LogP contribution is -2.57. The Morgan fingerprint density at radius 2 is 1.74 bits per heavy atom. The maximum Gasteiger partial charge on any atom is 0.0821 e. The van der Waals surface area contributed by atoms with Crippen molar-refractivity contribution in [1.29, 1.82) is 0 Å². The van der Waals surface area contributed by atoms with Crippen LogP contribution in [0.15, 0.2) is 0 Å². The van der Waals surface area contributed by atoms with Gasteiger partial charge in [0, 0.05) is 18.6 Å². The van der Waals surface area contributed by atoms with E-state index in [0.717, 1.165) is 32.8 Å². The molecule has 0 aromatic rings. The third kappa shape index (κ3) is 4.91. The Morgan fingerprint density at radius 1 is 1.00 bits per heavy atom. The van der Waals surface area contributed by atoms with Gasteiger partial charge in [-0.25, -0.2) is 0 Å². The molecule has 0 bridgehead atoms. The summed E-state index contributed by atoms with van der Waals surface area (Å²) in [6, 6.07) is 0. The third-order valence-corrected chi connectivity index (χ3v) is 6.09. The smallest absolute Gasteiger partial charge is 0.0821 e. The normalized spacial score (nSPS) is 29.7. The van der Waals surface area contributed by atoms with E-state index in [1.54, 1.807) is 0 Å². The summed E-state index contributed by atoms with van der Waals surface area (Å²) in [5.41, 5.74) is 0.456. The molecule has 4 heteroatoms. The largest absolute Gasteiger partial charge is 0.376 e. The van der Waals surface area contributed by atoms with Gasteiger partial charge in [0.1, 0.15) is 0 Å². The van der Waals surface area contributed by atoms with E-state index < -0.39 is 0 Å². The van der Waals surface area contributed by atoms with Crippen molar-refractivity contribution in [3.8, 4) is 0 Å². The lowest BCUT2D eigenvalue weighted by atomic mass is 9.78. The molecule has 0 amide bonds. The van der Waals surface area contributed by atoms with Gasteiger partial charge in [-0.15, -0.1) is 0 Å². The molecule has 1 saturated carbocycles. The molecule has 23 heavy (non-hydrogen) atoms. The number of nitrogens with zero attached hydrogens (tertiary/aromatic N) is 2. The van der Waals surface area contributed by atoms with E-state index in [0.29, 0.717) is 11.6 Å². The fourth-order valence-electron chi connectivity index (χ4n) is 4.80. The summed E-state index contributed by atoms with van der Waals surface area (Å²) in [4.78, 5) is 5.42. The van der Waals surface area contributed by atoms with Crippen molar-refractivity contribution >= 4 is 0 Å². The molecule has 0 radical (unpaired) electrons. The lowest BCUT2D eigenvalue weighted by molar-refractivity contribution is -0.0933. The standard InChI is InChI=1S/C19H36N2O2/c1-20(13-8-18-16-22-14-15-23-18)17-19(9-4-2-5-10-19)21-11-6-3-7-12-21/h18H,2-17H2,1H3. The molecule has 0 spiro atoms. The zero-order valence-electron chi connectivity index (χ0n) is 15.1. The minimum absolute atomic E-state index is 0.309. The fourth-order valence-corrected chi connectivity index (χ4v) is 4.80. The Hall–Kier alpha value is -0.160. The quantitative estimate of drug-likeness (QED) is 0.750. The van der Waals surface area contributed by atoms with E-state index in [9.17, 15) is 0 Å². The molecule has 2 saturated heterocycles. The van der Waals surface area contributed by atoms with Crippen LogP contribution in [0, 0.1) is 0 Å². The summed E-state index contributed by atoms with van der Waals surface area (Å²) in [6.07, 6.45) is 12.7. The molecule has 4 nitrogen and oxygen atoms in total. The average Bonchev–Trinajstić information content (AvgIpc) is 2.62. The maximum absolute atomic E-state index is 5.80. The van der Waals surface area contributed by atoms with Gasteiger partial charge in [0.15, 0.2) is 0 Å². The first-order valence-corrected chi connectivity index (χ1v) is 9.91. The summed E-state index contributed by atoms with van der Waals surface area (Å²) in [7, 11) is 2.31. The van der Waals surface area contributed by atoms with Crippen LogP contribution in [-0.2, 0) is 9.47 Å². The van der Waals surface area contributed by atoms with Gasteiger partial charge in [-0.2, -0.15) is 0 Å². The van der Waals surface area contributed by atoms with Crippen LogP contribution in [0.2, 0.25) is 0 Å². The maximum atomic E-state index is 5.80. The van der Waals surface area contributed by atoms with Crippen LogP contribution in [0.5, 0.6) is 0 Å². The molecule has 134 valence electrons. The summed E-state index contributed by atoms with van der Waals surface area (Å²) >= 11 is 0. The molecule has 3 fully saturated rings. The van der Waals surface area contributed by atoms with Crippen molar-refractivity contribution < 1.29 is 9.47 Å². The number of ether oxygens (including phenoxy) is 2. The van der Waals surface area contributed by atoms with Crippen LogP contribution in [0.4, 0.5) is 0 Å². The zero-order chi connectivity index (χ0) is 16.0. The van der Waals surface area contributed by atoms with Crippen LogP contribution in [0.3, 0.4) is 0 Å². The monoisotopic (exact) mass is 324 g/mol. The summed E-state index contributed by atoms with van der Waals surface area (Å²) in [6.45, 7) is 7.34. The number of likely N-dealkylation sites (N-methyl/N-ethyl adjacent to an activating group) is 1. The molecule has 3 aliphatic rings. The highest BCUT2D eigenvalue weighted by Gasteiger charge is 2.39. The molecule has 0 aromatic heterocycles. The van der Waals surface area contributed by atoms with Gasteiger partial charge >= 0.3 is 0 Å². The fraction of sp³-hybridized carbons (Fsp3) is 1.00. The highest BCUT2D eigenvalue weighted by atomic mass is 16.6. The second-order valence-corrected chi connectivity index (χ2v) is 7.93. The van der Waals surface area contributed by atoms with E-state index >= 15 is 0 Å². The molecule has 0 aromatic carbocycles. The van der Waals surface area contributed by atoms with Crippen molar-refractivity contribution in [3.05, 3.63) is 0 Å². The van der Waals surface area contributed by atoms with Gasteiger partial charge in [0.2, 0.25) is 0 Å². The molecule has 2 aliphatic heterocycles. The summed E-state index contributed by atoms with van der Waals surface area (Å²) in [5, 5.41) is 0. The van der Waals surface area contributed by atoms with Crippen LogP contribution in [-0.4, -0.2) is 74.5 Å². The number of hydrogen-bond donors (Lipinski definition) is 0. The number of hydrogen-bond acceptors (Lipinski definition) is 4.